The molecule has 0 bridgehead atoms. The molecule has 1 aromatic carbocycles. The van der Waals surface area contributed by atoms with Crippen molar-refractivity contribution in [3.63, 3.8) is 0 Å². The summed E-state index contributed by atoms with van der Waals surface area (Å²) in [5.74, 6) is 1.48. The summed E-state index contributed by atoms with van der Waals surface area (Å²) in [6.07, 6.45) is 2.24. The molecular weight excluding hydrogens is 232 g/mol. The predicted molar refractivity (Wildman–Crippen MR) is 73.6 cm³/mol. The molecule has 0 radical (unpaired) electrons. The van der Waals surface area contributed by atoms with E-state index >= 15 is 0 Å². The minimum Gasteiger partial charge on any atom is -0.491 e. The Labute approximate surface area is 106 Å². The van der Waals surface area contributed by atoms with Crippen molar-refractivity contribution in [1.82, 2.24) is 4.98 Å². The van der Waals surface area contributed by atoms with Crippen LogP contribution in [-0.4, -0.2) is 11.6 Å². The van der Waals surface area contributed by atoms with Crippen molar-refractivity contribution >= 4 is 27.2 Å². The highest BCUT2D eigenvalue weighted by molar-refractivity contribution is 7.16. The zero-order chi connectivity index (χ0) is 12.3. The third-order valence-corrected chi connectivity index (χ3v) is 3.48. The number of ether oxygens (including phenoxy) is 1. The molecule has 1 aromatic heterocycles. The molecule has 0 aliphatic carbocycles. The van der Waals surface area contributed by atoms with Gasteiger partial charge in [-0.2, -0.15) is 0 Å². The van der Waals surface area contributed by atoms with E-state index in [2.05, 4.69) is 18.8 Å². The molecule has 0 unspecified atom stereocenters. The maximum atomic E-state index is 6.02. The number of anilines is 1. The Balaban J connectivity index is 2.01. The number of nitrogens with zero attached hydrogens (tertiary/aromatic N) is 1. The lowest BCUT2D eigenvalue weighted by molar-refractivity contribution is 0.299. The predicted octanol–water partition coefficient (Wildman–Crippen LogP) is 3.69. The largest absolute Gasteiger partial charge is 0.491 e. The first-order valence-electron chi connectivity index (χ1n) is 5.93. The van der Waals surface area contributed by atoms with Crippen molar-refractivity contribution < 1.29 is 4.74 Å². The number of thiazole rings is 1. The molecule has 1 heterocycles. The average Bonchev–Trinajstić information content (AvgIpc) is 2.75. The van der Waals surface area contributed by atoms with Gasteiger partial charge < -0.3 is 10.5 Å². The number of rotatable bonds is 5. The van der Waals surface area contributed by atoms with Crippen molar-refractivity contribution in [3.05, 3.63) is 17.6 Å². The number of benzene rings is 1. The van der Waals surface area contributed by atoms with E-state index in [0.29, 0.717) is 5.69 Å². The molecule has 92 valence electrons. The molecule has 17 heavy (non-hydrogen) atoms. The monoisotopic (exact) mass is 250 g/mol. The minimum absolute atomic E-state index is 0.660. The first kappa shape index (κ1) is 12.2. The maximum Gasteiger partial charge on any atom is 0.144 e. The molecule has 0 atom stereocenters. The second-order valence-electron chi connectivity index (χ2n) is 4.56. The van der Waals surface area contributed by atoms with Crippen LogP contribution >= 0.6 is 11.3 Å². The molecule has 0 aliphatic rings. The molecule has 2 N–H and O–H groups in total. The van der Waals surface area contributed by atoms with E-state index in [-0.39, 0.29) is 0 Å². The topological polar surface area (TPSA) is 48.1 Å². The van der Waals surface area contributed by atoms with Gasteiger partial charge in [-0.3, -0.25) is 0 Å². The van der Waals surface area contributed by atoms with Crippen LogP contribution in [0.4, 0.5) is 5.69 Å². The van der Waals surface area contributed by atoms with Gasteiger partial charge in [-0.05, 0) is 30.9 Å². The summed E-state index contributed by atoms with van der Waals surface area (Å²) >= 11 is 1.60. The lowest BCUT2D eigenvalue weighted by Crippen LogP contribution is -2.02. The van der Waals surface area contributed by atoms with Gasteiger partial charge in [0.15, 0.2) is 0 Å². The molecule has 0 saturated heterocycles. The van der Waals surface area contributed by atoms with Gasteiger partial charge >= 0.3 is 0 Å². The Hall–Kier alpha value is -1.29. The van der Waals surface area contributed by atoms with E-state index in [1.807, 2.05) is 17.6 Å². The second-order valence-corrected chi connectivity index (χ2v) is 5.45. The van der Waals surface area contributed by atoms with Crippen LogP contribution in [0, 0.1) is 5.92 Å². The van der Waals surface area contributed by atoms with Gasteiger partial charge in [0.05, 0.1) is 16.8 Å². The van der Waals surface area contributed by atoms with Crippen LogP contribution in [0.5, 0.6) is 5.75 Å². The second kappa shape index (κ2) is 5.36. The molecule has 0 aliphatic heterocycles. The highest BCUT2D eigenvalue weighted by atomic mass is 32.1. The molecule has 0 amide bonds. The van der Waals surface area contributed by atoms with Crippen LogP contribution in [0.25, 0.3) is 10.2 Å². The Kier molecular flexibility index (Phi) is 3.84. The van der Waals surface area contributed by atoms with Crippen molar-refractivity contribution in [2.45, 2.75) is 26.7 Å². The number of nitrogen functional groups attached to an aromatic ring is 1. The van der Waals surface area contributed by atoms with Crippen LogP contribution < -0.4 is 10.5 Å². The van der Waals surface area contributed by atoms with Crippen LogP contribution in [0.2, 0.25) is 0 Å². The number of aromatic nitrogens is 1. The average molecular weight is 250 g/mol. The fourth-order valence-electron chi connectivity index (χ4n) is 1.73. The zero-order valence-electron chi connectivity index (χ0n) is 10.3. The molecule has 3 nitrogen and oxygen atoms in total. The van der Waals surface area contributed by atoms with Crippen molar-refractivity contribution in [2.75, 3.05) is 12.3 Å². The molecular formula is C13H18N2OS. The van der Waals surface area contributed by atoms with E-state index in [0.717, 1.165) is 34.9 Å². The minimum atomic E-state index is 0.660. The lowest BCUT2D eigenvalue weighted by atomic mass is 10.1. The quantitative estimate of drug-likeness (QED) is 0.650. The Morgan fingerprint density at radius 3 is 3.00 bits per heavy atom. The summed E-state index contributed by atoms with van der Waals surface area (Å²) in [4.78, 5) is 4.25. The van der Waals surface area contributed by atoms with Crippen LogP contribution in [-0.2, 0) is 0 Å². The Bertz CT molecular complexity index is 493. The zero-order valence-corrected chi connectivity index (χ0v) is 11.1. The summed E-state index contributed by atoms with van der Waals surface area (Å²) in [5, 5.41) is 0. The lowest BCUT2D eigenvalue weighted by Gasteiger charge is -2.09. The van der Waals surface area contributed by atoms with Crippen LogP contribution in [0.3, 0.4) is 0 Å². The highest BCUT2D eigenvalue weighted by Gasteiger charge is 2.07. The van der Waals surface area contributed by atoms with Gasteiger partial charge in [0.2, 0.25) is 0 Å². The fraction of sp³-hybridized carbons (Fsp3) is 0.462. The number of hydrogen-bond donors (Lipinski definition) is 1. The molecule has 0 spiro atoms. The summed E-state index contributed by atoms with van der Waals surface area (Å²) in [7, 11) is 0. The van der Waals surface area contributed by atoms with E-state index in [1.54, 1.807) is 11.3 Å². The summed E-state index contributed by atoms with van der Waals surface area (Å²) in [6.45, 7) is 5.16. The normalized spacial score (nSPS) is 11.2. The van der Waals surface area contributed by atoms with Gasteiger partial charge in [0, 0.05) is 0 Å². The smallest absolute Gasteiger partial charge is 0.144 e. The molecule has 4 heteroatoms. The van der Waals surface area contributed by atoms with Gasteiger partial charge in [0.25, 0.3) is 0 Å². The molecule has 0 saturated carbocycles. The van der Waals surface area contributed by atoms with Gasteiger partial charge in [-0.1, -0.05) is 13.8 Å². The van der Waals surface area contributed by atoms with Crippen molar-refractivity contribution in [2.24, 2.45) is 5.92 Å². The van der Waals surface area contributed by atoms with Crippen LogP contribution in [0.1, 0.15) is 26.7 Å². The first-order chi connectivity index (χ1) is 8.18. The van der Waals surface area contributed by atoms with Crippen molar-refractivity contribution in [1.29, 1.82) is 0 Å². The third-order valence-electron chi connectivity index (χ3n) is 2.68. The SMILES string of the molecule is CC(C)CCCOc1ccc2scnc2c1N. The summed E-state index contributed by atoms with van der Waals surface area (Å²) < 4.78 is 6.81. The van der Waals surface area contributed by atoms with Crippen molar-refractivity contribution in [3.8, 4) is 5.75 Å². The fourth-order valence-corrected chi connectivity index (χ4v) is 2.43. The van der Waals surface area contributed by atoms with Gasteiger partial charge in [0.1, 0.15) is 17.0 Å². The summed E-state index contributed by atoms with van der Waals surface area (Å²) in [6, 6.07) is 3.95. The Morgan fingerprint density at radius 1 is 1.41 bits per heavy atom. The maximum absolute atomic E-state index is 6.02. The molecule has 2 rings (SSSR count). The Morgan fingerprint density at radius 2 is 2.24 bits per heavy atom. The third kappa shape index (κ3) is 2.88. The van der Waals surface area contributed by atoms with E-state index < -0.39 is 0 Å². The van der Waals surface area contributed by atoms with Gasteiger partial charge in [-0.15, -0.1) is 11.3 Å². The van der Waals surface area contributed by atoms with E-state index in [9.17, 15) is 0 Å². The molecule has 2 aromatic rings. The number of nitrogens with two attached hydrogens (primary N) is 1. The number of hydrogen-bond acceptors (Lipinski definition) is 4. The number of fused-ring (bicyclic) bond motifs is 1. The summed E-state index contributed by atoms with van der Waals surface area (Å²) in [5.41, 5.74) is 9.35. The van der Waals surface area contributed by atoms with E-state index in [4.69, 9.17) is 10.5 Å². The van der Waals surface area contributed by atoms with Gasteiger partial charge in [-0.25, -0.2) is 4.98 Å². The standard InChI is InChI=1S/C13H18N2OS/c1-9(2)4-3-7-16-10-5-6-11-13(12(10)14)15-8-17-11/h5-6,8-9H,3-4,7,14H2,1-2H3. The highest BCUT2D eigenvalue weighted by Crippen LogP contribution is 2.31. The van der Waals surface area contributed by atoms with Crippen LogP contribution in [0.15, 0.2) is 17.6 Å². The molecule has 0 fully saturated rings. The van der Waals surface area contributed by atoms with E-state index in [1.165, 1.54) is 6.42 Å². The first-order valence-corrected chi connectivity index (χ1v) is 6.81.